The molecule has 0 atom stereocenters. The van der Waals surface area contributed by atoms with E-state index in [1.54, 1.807) is 6.92 Å². The second-order valence-corrected chi connectivity index (χ2v) is 4.59. The first kappa shape index (κ1) is 15.8. The van der Waals surface area contributed by atoms with Crippen LogP contribution in [0, 0.1) is 0 Å². The summed E-state index contributed by atoms with van der Waals surface area (Å²) in [6, 6.07) is 0. The quantitative estimate of drug-likeness (QED) is 0.448. The highest BCUT2D eigenvalue weighted by molar-refractivity contribution is 5.75. The van der Waals surface area contributed by atoms with Crippen molar-refractivity contribution in [2.24, 2.45) is 0 Å². The molecule has 0 saturated heterocycles. The fraction of sp³-hybridized carbons (Fsp3) is 0.600. The highest BCUT2D eigenvalue weighted by Crippen LogP contribution is 2.10. The molecule has 96 valence electrons. The Hall–Kier alpha value is -1.18. The standard InChI is InChI=1S/C15H24O2/c1-13(9-5-11-15(3)17)7-4-8-14(2)10-6-12-16/h8-9,12H,4-7,10-11H2,1-3H3/b13-9+,14-8+. The molecule has 0 radical (unpaired) electrons. The first-order valence-corrected chi connectivity index (χ1v) is 6.30. The average molecular weight is 236 g/mol. The van der Waals surface area contributed by atoms with Crippen LogP contribution in [0.25, 0.3) is 0 Å². The van der Waals surface area contributed by atoms with Crippen molar-refractivity contribution in [1.29, 1.82) is 0 Å². The summed E-state index contributed by atoms with van der Waals surface area (Å²) in [4.78, 5) is 21.0. The van der Waals surface area contributed by atoms with Gasteiger partial charge in [0.15, 0.2) is 0 Å². The molecule has 0 N–H and O–H groups in total. The summed E-state index contributed by atoms with van der Waals surface area (Å²) in [5.74, 6) is 0.249. The Morgan fingerprint density at radius 1 is 0.824 bits per heavy atom. The van der Waals surface area contributed by atoms with Crippen molar-refractivity contribution < 1.29 is 9.59 Å². The zero-order valence-corrected chi connectivity index (χ0v) is 11.3. The number of Topliss-reactive ketones (excluding diaryl/α,β-unsaturated/α-hetero) is 1. The number of allylic oxidation sites excluding steroid dienone is 4. The molecule has 0 fully saturated rings. The summed E-state index contributed by atoms with van der Waals surface area (Å²) in [6.07, 6.45) is 10.4. The van der Waals surface area contributed by atoms with E-state index in [4.69, 9.17) is 0 Å². The maximum Gasteiger partial charge on any atom is 0.130 e. The van der Waals surface area contributed by atoms with Crippen molar-refractivity contribution in [3.63, 3.8) is 0 Å². The lowest BCUT2D eigenvalue weighted by Crippen LogP contribution is -1.87. The minimum atomic E-state index is 0.249. The molecule has 0 spiro atoms. The summed E-state index contributed by atoms with van der Waals surface area (Å²) in [5.41, 5.74) is 2.62. The van der Waals surface area contributed by atoms with E-state index in [-0.39, 0.29) is 5.78 Å². The number of carbonyl (C=O) groups is 2. The zero-order valence-electron chi connectivity index (χ0n) is 11.3. The molecule has 0 aliphatic heterocycles. The molecule has 0 amide bonds. The van der Waals surface area contributed by atoms with Gasteiger partial charge in [-0.15, -0.1) is 0 Å². The first-order valence-electron chi connectivity index (χ1n) is 6.30. The molecule has 0 aromatic rings. The van der Waals surface area contributed by atoms with E-state index in [0.29, 0.717) is 12.8 Å². The smallest absolute Gasteiger partial charge is 0.130 e. The van der Waals surface area contributed by atoms with Gasteiger partial charge in [0.2, 0.25) is 0 Å². The molecule has 2 nitrogen and oxygen atoms in total. The van der Waals surface area contributed by atoms with Crippen LogP contribution in [0.4, 0.5) is 0 Å². The molecule has 0 saturated carbocycles. The molecule has 0 aromatic heterocycles. The highest BCUT2D eigenvalue weighted by Gasteiger charge is 1.93. The van der Waals surface area contributed by atoms with Gasteiger partial charge in [0.25, 0.3) is 0 Å². The maximum atomic E-state index is 10.8. The van der Waals surface area contributed by atoms with Crippen molar-refractivity contribution in [3.05, 3.63) is 23.3 Å². The molecule has 0 rings (SSSR count). The van der Waals surface area contributed by atoms with E-state index >= 15 is 0 Å². The monoisotopic (exact) mass is 236 g/mol. The molecular formula is C15H24O2. The van der Waals surface area contributed by atoms with E-state index in [1.165, 1.54) is 11.1 Å². The van der Waals surface area contributed by atoms with Crippen LogP contribution in [0.2, 0.25) is 0 Å². The fourth-order valence-electron chi connectivity index (χ4n) is 1.56. The Labute approximate surface area is 105 Å². The third-order valence-electron chi connectivity index (χ3n) is 2.68. The van der Waals surface area contributed by atoms with Crippen molar-refractivity contribution in [1.82, 2.24) is 0 Å². The Balaban J connectivity index is 3.78. The van der Waals surface area contributed by atoms with Gasteiger partial charge in [0.05, 0.1) is 0 Å². The zero-order chi connectivity index (χ0) is 13.1. The number of ketones is 1. The maximum absolute atomic E-state index is 10.8. The van der Waals surface area contributed by atoms with E-state index in [0.717, 1.165) is 32.0 Å². The summed E-state index contributed by atoms with van der Waals surface area (Å²) < 4.78 is 0. The average Bonchev–Trinajstić information content (AvgIpc) is 2.25. The summed E-state index contributed by atoms with van der Waals surface area (Å²) in [5, 5.41) is 0. The molecular weight excluding hydrogens is 212 g/mol. The second kappa shape index (κ2) is 10.0. The van der Waals surface area contributed by atoms with Gasteiger partial charge in [0, 0.05) is 12.8 Å². The lowest BCUT2D eigenvalue weighted by atomic mass is 10.1. The number of hydrogen-bond acceptors (Lipinski definition) is 2. The first-order chi connectivity index (χ1) is 8.06. The van der Waals surface area contributed by atoms with Crippen LogP contribution in [0.1, 0.15) is 59.3 Å². The Bertz CT molecular complexity index is 298. The lowest BCUT2D eigenvalue weighted by Gasteiger charge is -2.00. The third kappa shape index (κ3) is 11.1. The van der Waals surface area contributed by atoms with E-state index in [2.05, 4.69) is 26.0 Å². The van der Waals surface area contributed by atoms with Crippen LogP contribution in [0.15, 0.2) is 23.3 Å². The van der Waals surface area contributed by atoms with Crippen LogP contribution in [-0.2, 0) is 9.59 Å². The molecule has 2 heteroatoms. The van der Waals surface area contributed by atoms with Crippen molar-refractivity contribution in [3.8, 4) is 0 Å². The molecule has 0 aliphatic rings. The Morgan fingerprint density at radius 2 is 1.29 bits per heavy atom. The van der Waals surface area contributed by atoms with Crippen molar-refractivity contribution >= 4 is 12.1 Å². The second-order valence-electron chi connectivity index (χ2n) is 4.59. The van der Waals surface area contributed by atoms with Gasteiger partial charge in [-0.3, -0.25) is 0 Å². The fourth-order valence-corrected chi connectivity index (χ4v) is 1.56. The predicted octanol–water partition coefficient (Wildman–Crippen LogP) is 4.01. The summed E-state index contributed by atoms with van der Waals surface area (Å²) in [6.45, 7) is 5.80. The largest absolute Gasteiger partial charge is 0.303 e. The van der Waals surface area contributed by atoms with E-state index in [1.807, 2.05) is 0 Å². The minimum absolute atomic E-state index is 0.249. The van der Waals surface area contributed by atoms with Gasteiger partial charge in [0.1, 0.15) is 12.1 Å². The molecule has 0 aromatic carbocycles. The van der Waals surface area contributed by atoms with Gasteiger partial charge < -0.3 is 9.59 Å². The predicted molar refractivity (Wildman–Crippen MR) is 72.0 cm³/mol. The molecule has 0 unspecified atom stereocenters. The number of rotatable bonds is 9. The lowest BCUT2D eigenvalue weighted by molar-refractivity contribution is -0.117. The minimum Gasteiger partial charge on any atom is -0.303 e. The van der Waals surface area contributed by atoms with Crippen LogP contribution in [0.3, 0.4) is 0 Å². The molecule has 0 aliphatic carbocycles. The normalized spacial score (nSPS) is 12.6. The van der Waals surface area contributed by atoms with Crippen LogP contribution in [0.5, 0.6) is 0 Å². The topological polar surface area (TPSA) is 34.1 Å². The number of hydrogen-bond donors (Lipinski definition) is 0. The van der Waals surface area contributed by atoms with Crippen molar-refractivity contribution in [2.75, 3.05) is 0 Å². The molecule has 17 heavy (non-hydrogen) atoms. The SMILES string of the molecule is CC(=O)CC/C=C(\C)CC/C=C(\C)CCC=O. The van der Waals surface area contributed by atoms with Gasteiger partial charge >= 0.3 is 0 Å². The molecule has 0 bridgehead atoms. The number of carbonyl (C=O) groups excluding carboxylic acids is 2. The Kier molecular flexibility index (Phi) is 9.31. The number of aldehydes is 1. The van der Waals surface area contributed by atoms with Crippen LogP contribution < -0.4 is 0 Å². The highest BCUT2D eigenvalue weighted by atomic mass is 16.1. The van der Waals surface area contributed by atoms with Crippen molar-refractivity contribution in [2.45, 2.75) is 59.3 Å². The van der Waals surface area contributed by atoms with E-state index in [9.17, 15) is 9.59 Å². The summed E-state index contributed by atoms with van der Waals surface area (Å²) >= 11 is 0. The third-order valence-corrected chi connectivity index (χ3v) is 2.68. The van der Waals surface area contributed by atoms with Gasteiger partial charge in [-0.2, -0.15) is 0 Å². The van der Waals surface area contributed by atoms with Crippen LogP contribution >= 0.6 is 0 Å². The summed E-state index contributed by atoms with van der Waals surface area (Å²) in [7, 11) is 0. The van der Waals surface area contributed by atoms with Crippen LogP contribution in [-0.4, -0.2) is 12.1 Å². The van der Waals surface area contributed by atoms with E-state index < -0.39 is 0 Å². The van der Waals surface area contributed by atoms with Gasteiger partial charge in [-0.1, -0.05) is 23.3 Å². The van der Waals surface area contributed by atoms with Gasteiger partial charge in [-0.05, 0) is 46.5 Å². The molecule has 0 heterocycles. The van der Waals surface area contributed by atoms with Gasteiger partial charge in [-0.25, -0.2) is 0 Å². The Morgan fingerprint density at radius 3 is 1.76 bits per heavy atom.